The Labute approximate surface area is 121 Å². The molecule has 1 rings (SSSR count). The second-order valence-electron chi connectivity index (χ2n) is 5.48. The van der Waals surface area contributed by atoms with Crippen molar-refractivity contribution in [1.29, 1.82) is 0 Å². The van der Waals surface area contributed by atoms with Gasteiger partial charge in [-0.05, 0) is 32.4 Å². The zero-order valence-electron chi connectivity index (χ0n) is 12.9. The summed E-state index contributed by atoms with van der Waals surface area (Å²) in [6.45, 7) is 3.38. The highest BCUT2D eigenvalue weighted by Crippen LogP contribution is 2.18. The second-order valence-corrected chi connectivity index (χ2v) is 5.48. The molecule has 20 heavy (non-hydrogen) atoms. The van der Waals surface area contributed by atoms with Crippen LogP contribution in [-0.2, 0) is 14.3 Å². The Morgan fingerprint density at radius 2 is 1.95 bits per heavy atom. The van der Waals surface area contributed by atoms with Crippen molar-refractivity contribution < 1.29 is 14.3 Å². The van der Waals surface area contributed by atoms with Crippen LogP contribution in [0.25, 0.3) is 0 Å². The summed E-state index contributed by atoms with van der Waals surface area (Å²) in [5.41, 5.74) is 0. The Kier molecular flexibility index (Phi) is 7.54. The number of hydrogen-bond acceptors (Lipinski definition) is 4. The highest BCUT2D eigenvalue weighted by Gasteiger charge is 2.26. The van der Waals surface area contributed by atoms with Crippen molar-refractivity contribution in [2.45, 2.75) is 19.3 Å². The smallest absolute Gasteiger partial charge is 0.234 e. The molecule has 0 atom stereocenters. The highest BCUT2D eigenvalue weighted by molar-refractivity contribution is 5.79. The SMILES string of the molecule is COCCCNC(=O)CN1CCC(C(=O)N(C)C)CC1. The van der Waals surface area contributed by atoms with Gasteiger partial charge in [-0.1, -0.05) is 0 Å². The molecule has 0 unspecified atom stereocenters. The number of hydrogen-bond donors (Lipinski definition) is 1. The number of nitrogens with one attached hydrogen (secondary N) is 1. The quantitative estimate of drug-likeness (QED) is 0.666. The number of amides is 2. The van der Waals surface area contributed by atoms with Crippen LogP contribution < -0.4 is 5.32 Å². The standard InChI is InChI=1S/C14H27N3O3/c1-16(2)14(19)12-5-8-17(9-6-12)11-13(18)15-7-4-10-20-3/h12H,4-11H2,1-3H3,(H,15,18). The third-order valence-electron chi connectivity index (χ3n) is 3.59. The molecule has 0 bridgehead atoms. The fraction of sp³-hybridized carbons (Fsp3) is 0.857. The Hall–Kier alpha value is -1.14. The van der Waals surface area contributed by atoms with E-state index in [2.05, 4.69) is 10.2 Å². The van der Waals surface area contributed by atoms with E-state index in [4.69, 9.17) is 4.74 Å². The molecule has 1 N–H and O–H groups in total. The lowest BCUT2D eigenvalue weighted by Gasteiger charge is -2.31. The highest BCUT2D eigenvalue weighted by atomic mass is 16.5. The monoisotopic (exact) mass is 285 g/mol. The van der Waals surface area contributed by atoms with Gasteiger partial charge in [0.15, 0.2) is 0 Å². The minimum absolute atomic E-state index is 0.0542. The maximum Gasteiger partial charge on any atom is 0.234 e. The third-order valence-corrected chi connectivity index (χ3v) is 3.59. The summed E-state index contributed by atoms with van der Waals surface area (Å²) in [5.74, 6) is 0.373. The minimum atomic E-state index is 0.0542. The molecule has 0 aromatic heterocycles. The number of ether oxygens (including phenoxy) is 1. The van der Waals surface area contributed by atoms with E-state index in [-0.39, 0.29) is 17.7 Å². The van der Waals surface area contributed by atoms with Gasteiger partial charge in [0.05, 0.1) is 6.54 Å². The van der Waals surface area contributed by atoms with Gasteiger partial charge in [-0.15, -0.1) is 0 Å². The van der Waals surface area contributed by atoms with E-state index < -0.39 is 0 Å². The average molecular weight is 285 g/mol. The van der Waals surface area contributed by atoms with Gasteiger partial charge in [0.1, 0.15) is 0 Å². The summed E-state index contributed by atoms with van der Waals surface area (Å²) in [6.07, 6.45) is 2.52. The van der Waals surface area contributed by atoms with Crippen LogP contribution in [0.4, 0.5) is 0 Å². The molecule has 0 aliphatic carbocycles. The first-order valence-electron chi connectivity index (χ1n) is 7.23. The van der Waals surface area contributed by atoms with Gasteiger partial charge >= 0.3 is 0 Å². The normalized spacial score (nSPS) is 16.9. The molecule has 6 heteroatoms. The Morgan fingerprint density at radius 3 is 2.50 bits per heavy atom. The van der Waals surface area contributed by atoms with Crippen LogP contribution in [0.3, 0.4) is 0 Å². The minimum Gasteiger partial charge on any atom is -0.385 e. The number of likely N-dealkylation sites (tertiary alicyclic amines) is 1. The molecule has 1 fully saturated rings. The molecule has 1 aliphatic rings. The second kappa shape index (κ2) is 8.92. The molecule has 0 aromatic rings. The first-order valence-corrected chi connectivity index (χ1v) is 7.23. The van der Waals surface area contributed by atoms with E-state index >= 15 is 0 Å². The molecule has 0 aromatic carbocycles. The number of carbonyl (C=O) groups excluding carboxylic acids is 2. The topological polar surface area (TPSA) is 61.9 Å². The Balaban J connectivity index is 2.18. The summed E-state index contributed by atoms with van der Waals surface area (Å²) >= 11 is 0. The molecule has 1 saturated heterocycles. The van der Waals surface area contributed by atoms with Crippen LogP contribution in [-0.4, -0.2) is 75.6 Å². The molecule has 1 heterocycles. The number of methoxy groups -OCH3 is 1. The number of piperidine rings is 1. The summed E-state index contributed by atoms with van der Waals surface area (Å²) < 4.78 is 4.93. The zero-order chi connectivity index (χ0) is 15.0. The molecule has 0 saturated carbocycles. The van der Waals surface area contributed by atoms with Crippen LogP contribution in [0.2, 0.25) is 0 Å². The molecule has 0 spiro atoms. The van der Waals surface area contributed by atoms with Crippen LogP contribution in [0.5, 0.6) is 0 Å². The molecule has 0 radical (unpaired) electrons. The van der Waals surface area contributed by atoms with Crippen LogP contribution >= 0.6 is 0 Å². The van der Waals surface area contributed by atoms with Gasteiger partial charge in [-0.2, -0.15) is 0 Å². The van der Waals surface area contributed by atoms with E-state index in [1.807, 2.05) is 0 Å². The molecular formula is C14H27N3O3. The summed E-state index contributed by atoms with van der Waals surface area (Å²) in [5, 5.41) is 2.88. The molecule has 1 aliphatic heterocycles. The predicted octanol–water partition coefficient (Wildman–Crippen LogP) is -0.0607. The largest absolute Gasteiger partial charge is 0.385 e. The first-order chi connectivity index (χ1) is 9.54. The lowest BCUT2D eigenvalue weighted by molar-refractivity contribution is -0.134. The van der Waals surface area contributed by atoms with Crippen molar-refractivity contribution in [3.63, 3.8) is 0 Å². The van der Waals surface area contributed by atoms with Crippen LogP contribution in [0.15, 0.2) is 0 Å². The van der Waals surface area contributed by atoms with Gasteiger partial charge in [-0.25, -0.2) is 0 Å². The van der Waals surface area contributed by atoms with Crippen molar-refractivity contribution in [2.75, 3.05) is 54.0 Å². The number of rotatable bonds is 7. The van der Waals surface area contributed by atoms with Gasteiger partial charge in [-0.3, -0.25) is 14.5 Å². The fourth-order valence-corrected chi connectivity index (χ4v) is 2.41. The summed E-state index contributed by atoms with van der Waals surface area (Å²) in [4.78, 5) is 27.3. The Morgan fingerprint density at radius 1 is 1.30 bits per heavy atom. The molecule has 6 nitrogen and oxygen atoms in total. The van der Waals surface area contributed by atoms with Gasteiger partial charge in [0.25, 0.3) is 0 Å². The summed E-state index contributed by atoms with van der Waals surface area (Å²) in [7, 11) is 5.24. The van der Waals surface area contributed by atoms with Crippen molar-refractivity contribution in [1.82, 2.24) is 15.1 Å². The molecular weight excluding hydrogens is 258 g/mol. The zero-order valence-corrected chi connectivity index (χ0v) is 12.9. The van der Waals surface area contributed by atoms with Gasteiger partial charge in [0, 0.05) is 40.3 Å². The van der Waals surface area contributed by atoms with Gasteiger partial charge in [0.2, 0.25) is 11.8 Å². The number of nitrogens with zero attached hydrogens (tertiary/aromatic N) is 2. The van der Waals surface area contributed by atoms with Crippen LogP contribution in [0.1, 0.15) is 19.3 Å². The Bertz CT molecular complexity index is 313. The van der Waals surface area contributed by atoms with Crippen molar-refractivity contribution >= 4 is 11.8 Å². The van der Waals surface area contributed by atoms with E-state index in [9.17, 15) is 9.59 Å². The van der Waals surface area contributed by atoms with Crippen molar-refractivity contribution in [2.24, 2.45) is 5.92 Å². The number of carbonyl (C=O) groups is 2. The first kappa shape index (κ1) is 16.9. The lowest BCUT2D eigenvalue weighted by atomic mass is 9.95. The predicted molar refractivity (Wildman–Crippen MR) is 77.4 cm³/mol. The maximum atomic E-state index is 11.8. The van der Waals surface area contributed by atoms with E-state index in [1.165, 1.54) is 0 Å². The molecule has 116 valence electrons. The molecule has 2 amide bonds. The van der Waals surface area contributed by atoms with E-state index in [0.717, 1.165) is 32.4 Å². The average Bonchev–Trinajstić information content (AvgIpc) is 2.43. The van der Waals surface area contributed by atoms with Crippen LogP contribution in [0, 0.1) is 5.92 Å². The third kappa shape index (κ3) is 5.88. The fourth-order valence-electron chi connectivity index (χ4n) is 2.41. The summed E-state index contributed by atoms with van der Waals surface area (Å²) in [6, 6.07) is 0. The van der Waals surface area contributed by atoms with E-state index in [1.54, 1.807) is 26.1 Å². The lowest BCUT2D eigenvalue weighted by Crippen LogP contribution is -2.44. The van der Waals surface area contributed by atoms with Gasteiger partial charge < -0.3 is 15.0 Å². The van der Waals surface area contributed by atoms with E-state index in [0.29, 0.717) is 19.7 Å². The van der Waals surface area contributed by atoms with Crippen molar-refractivity contribution in [3.8, 4) is 0 Å². The maximum absolute atomic E-state index is 11.8. The van der Waals surface area contributed by atoms with Crippen molar-refractivity contribution in [3.05, 3.63) is 0 Å².